The molecule has 0 bridgehead atoms. The van der Waals surface area contributed by atoms with E-state index in [9.17, 15) is 15.3 Å². The molecule has 0 aromatic heterocycles. The summed E-state index contributed by atoms with van der Waals surface area (Å²) in [5.74, 6) is 0. The zero-order valence-corrected chi connectivity index (χ0v) is 10.3. The van der Waals surface area contributed by atoms with Crippen LogP contribution < -0.4 is 0 Å². The second-order valence-corrected chi connectivity index (χ2v) is 5.15. The van der Waals surface area contributed by atoms with Crippen molar-refractivity contribution in [2.75, 3.05) is 0 Å². The summed E-state index contributed by atoms with van der Waals surface area (Å²) in [4.78, 5) is 0. The van der Waals surface area contributed by atoms with E-state index in [0.717, 1.165) is 0 Å². The average molecular weight is 234 g/mol. The first-order chi connectivity index (χ1) is 7.26. The Morgan fingerprint density at radius 1 is 1.06 bits per heavy atom. The molecule has 16 heavy (non-hydrogen) atoms. The van der Waals surface area contributed by atoms with Gasteiger partial charge in [0.05, 0.1) is 11.7 Å². The van der Waals surface area contributed by atoms with E-state index >= 15 is 0 Å². The maximum absolute atomic E-state index is 9.72. The molecular weight excluding hydrogens is 212 g/mol. The number of rotatable bonds is 2. The van der Waals surface area contributed by atoms with Crippen molar-refractivity contribution in [2.45, 2.75) is 70.4 Å². The van der Waals surface area contributed by atoms with Gasteiger partial charge in [-0.05, 0) is 27.2 Å². The Hall–Kier alpha value is -0.200. The van der Waals surface area contributed by atoms with Gasteiger partial charge in [0.15, 0.2) is 6.29 Å². The van der Waals surface area contributed by atoms with Crippen molar-refractivity contribution in [1.82, 2.24) is 0 Å². The predicted octanol–water partition coefficient (Wildman–Crippen LogP) is 0.0191. The predicted molar refractivity (Wildman–Crippen MR) is 57.8 cm³/mol. The molecule has 0 aromatic rings. The smallest absolute Gasteiger partial charge is 0.187 e. The van der Waals surface area contributed by atoms with Crippen molar-refractivity contribution in [2.24, 2.45) is 0 Å². The standard InChI is InChI=1S/C11H22O5/c1-5-6-7(12)8(13)9(14)10(15-6)16-11(2,3)4/h6-10,12-14H,5H2,1-4H3/t6-,7-,8+,9+,10+/m1/s1. The summed E-state index contributed by atoms with van der Waals surface area (Å²) in [5, 5.41) is 29.0. The number of hydrogen-bond acceptors (Lipinski definition) is 5. The molecule has 1 saturated heterocycles. The maximum atomic E-state index is 9.72. The molecule has 96 valence electrons. The fraction of sp³-hybridized carbons (Fsp3) is 1.00. The van der Waals surface area contributed by atoms with Crippen molar-refractivity contribution in [3.8, 4) is 0 Å². The zero-order valence-electron chi connectivity index (χ0n) is 10.3. The summed E-state index contributed by atoms with van der Waals surface area (Å²) in [6.45, 7) is 7.34. The van der Waals surface area contributed by atoms with E-state index in [1.165, 1.54) is 0 Å². The Morgan fingerprint density at radius 3 is 2.06 bits per heavy atom. The van der Waals surface area contributed by atoms with Gasteiger partial charge in [0.1, 0.15) is 18.3 Å². The Morgan fingerprint density at radius 2 is 1.62 bits per heavy atom. The number of hydrogen-bond donors (Lipinski definition) is 3. The lowest BCUT2D eigenvalue weighted by Gasteiger charge is -2.42. The van der Waals surface area contributed by atoms with Gasteiger partial charge < -0.3 is 24.8 Å². The fourth-order valence-electron chi connectivity index (χ4n) is 1.70. The van der Waals surface area contributed by atoms with Crippen LogP contribution >= 0.6 is 0 Å². The molecule has 5 heteroatoms. The highest BCUT2D eigenvalue weighted by Gasteiger charge is 2.44. The van der Waals surface area contributed by atoms with E-state index in [-0.39, 0.29) is 0 Å². The van der Waals surface area contributed by atoms with Gasteiger partial charge in [0, 0.05) is 0 Å². The third-order valence-electron chi connectivity index (χ3n) is 2.54. The van der Waals surface area contributed by atoms with Crippen LogP contribution in [0.5, 0.6) is 0 Å². The molecule has 1 heterocycles. The molecule has 5 nitrogen and oxygen atoms in total. The van der Waals surface area contributed by atoms with Crippen LogP contribution in [-0.2, 0) is 9.47 Å². The van der Waals surface area contributed by atoms with E-state index in [0.29, 0.717) is 6.42 Å². The molecule has 0 radical (unpaired) electrons. The largest absolute Gasteiger partial charge is 0.388 e. The molecule has 1 aliphatic rings. The van der Waals surface area contributed by atoms with Gasteiger partial charge in [0.25, 0.3) is 0 Å². The summed E-state index contributed by atoms with van der Waals surface area (Å²) >= 11 is 0. The Labute approximate surface area is 96.0 Å². The normalized spacial score (nSPS) is 41.1. The van der Waals surface area contributed by atoms with Crippen molar-refractivity contribution >= 4 is 0 Å². The average Bonchev–Trinajstić information content (AvgIpc) is 2.17. The van der Waals surface area contributed by atoms with Crippen LogP contribution in [0, 0.1) is 0 Å². The molecule has 0 spiro atoms. The first kappa shape index (κ1) is 13.9. The quantitative estimate of drug-likeness (QED) is 0.627. The second-order valence-electron chi connectivity index (χ2n) is 5.15. The van der Waals surface area contributed by atoms with Crippen LogP contribution in [0.2, 0.25) is 0 Å². The first-order valence-corrected chi connectivity index (χ1v) is 5.63. The summed E-state index contributed by atoms with van der Waals surface area (Å²) < 4.78 is 10.9. The van der Waals surface area contributed by atoms with Crippen LogP contribution in [-0.4, -0.2) is 51.6 Å². The maximum Gasteiger partial charge on any atom is 0.187 e. The van der Waals surface area contributed by atoms with E-state index in [1.54, 1.807) is 0 Å². The minimum absolute atomic E-state index is 0.480. The van der Waals surface area contributed by atoms with Gasteiger partial charge in [-0.15, -0.1) is 0 Å². The summed E-state index contributed by atoms with van der Waals surface area (Å²) in [6.07, 6.45) is -4.38. The Bertz CT molecular complexity index is 223. The molecule has 1 aliphatic heterocycles. The second kappa shape index (κ2) is 4.98. The first-order valence-electron chi connectivity index (χ1n) is 5.63. The van der Waals surface area contributed by atoms with Crippen molar-refractivity contribution in [3.05, 3.63) is 0 Å². The van der Waals surface area contributed by atoms with E-state index in [1.807, 2.05) is 27.7 Å². The highest BCUT2D eigenvalue weighted by Crippen LogP contribution is 2.26. The molecule has 0 aliphatic carbocycles. The highest BCUT2D eigenvalue weighted by atomic mass is 16.7. The number of aliphatic hydroxyl groups excluding tert-OH is 3. The molecule has 0 amide bonds. The molecule has 0 unspecified atom stereocenters. The molecule has 0 aromatic carbocycles. The number of aliphatic hydroxyl groups is 3. The van der Waals surface area contributed by atoms with Crippen molar-refractivity contribution in [3.63, 3.8) is 0 Å². The van der Waals surface area contributed by atoms with E-state index in [2.05, 4.69) is 0 Å². The van der Waals surface area contributed by atoms with Gasteiger partial charge in [-0.1, -0.05) is 6.92 Å². The molecule has 1 rings (SSSR count). The van der Waals surface area contributed by atoms with Crippen LogP contribution in [0.1, 0.15) is 34.1 Å². The van der Waals surface area contributed by atoms with Gasteiger partial charge in [0.2, 0.25) is 0 Å². The van der Waals surface area contributed by atoms with Crippen LogP contribution in [0.3, 0.4) is 0 Å². The lowest BCUT2D eigenvalue weighted by atomic mass is 9.97. The Balaban J connectivity index is 2.71. The van der Waals surface area contributed by atoms with Crippen molar-refractivity contribution < 1.29 is 24.8 Å². The van der Waals surface area contributed by atoms with Crippen LogP contribution in [0.25, 0.3) is 0 Å². The molecule has 0 saturated carbocycles. The molecule has 3 N–H and O–H groups in total. The topological polar surface area (TPSA) is 79.2 Å². The Kier molecular flexibility index (Phi) is 4.31. The van der Waals surface area contributed by atoms with Gasteiger partial charge in [-0.3, -0.25) is 0 Å². The lowest BCUT2D eigenvalue weighted by Crippen LogP contribution is -2.59. The lowest BCUT2D eigenvalue weighted by molar-refractivity contribution is -0.317. The zero-order chi connectivity index (χ0) is 12.5. The van der Waals surface area contributed by atoms with Gasteiger partial charge in [-0.25, -0.2) is 0 Å². The SMILES string of the molecule is CC[C@H]1O[C@@H](OC(C)(C)C)[C@@H](O)[C@@H](O)[C@@H]1O. The minimum Gasteiger partial charge on any atom is -0.388 e. The number of ether oxygens (including phenoxy) is 2. The van der Waals surface area contributed by atoms with Crippen LogP contribution in [0.4, 0.5) is 0 Å². The summed E-state index contributed by atoms with van der Waals surface area (Å²) in [6, 6.07) is 0. The van der Waals surface area contributed by atoms with Gasteiger partial charge in [-0.2, -0.15) is 0 Å². The minimum atomic E-state index is -1.23. The molecule has 5 atom stereocenters. The third-order valence-corrected chi connectivity index (χ3v) is 2.54. The summed E-state index contributed by atoms with van der Waals surface area (Å²) in [7, 11) is 0. The molecule has 1 fully saturated rings. The van der Waals surface area contributed by atoms with Gasteiger partial charge >= 0.3 is 0 Å². The van der Waals surface area contributed by atoms with Crippen LogP contribution in [0.15, 0.2) is 0 Å². The molecular formula is C11H22O5. The van der Waals surface area contributed by atoms with E-state index < -0.39 is 36.3 Å². The summed E-state index contributed by atoms with van der Waals surface area (Å²) in [5.41, 5.74) is -0.480. The fourth-order valence-corrected chi connectivity index (χ4v) is 1.70. The third kappa shape index (κ3) is 3.15. The highest BCUT2D eigenvalue weighted by molar-refractivity contribution is 4.89. The van der Waals surface area contributed by atoms with E-state index in [4.69, 9.17) is 9.47 Å². The van der Waals surface area contributed by atoms with Crippen molar-refractivity contribution in [1.29, 1.82) is 0 Å². The monoisotopic (exact) mass is 234 g/mol.